The van der Waals surface area contributed by atoms with E-state index in [4.69, 9.17) is 6.58 Å². The molecule has 0 aliphatic heterocycles. The van der Waals surface area contributed by atoms with Crippen LogP contribution in [0.5, 0.6) is 0 Å². The Bertz CT molecular complexity index is 174. The van der Waals surface area contributed by atoms with E-state index in [2.05, 4.69) is 16.0 Å². The van der Waals surface area contributed by atoms with Gasteiger partial charge in [-0.1, -0.05) is 31.2 Å². The summed E-state index contributed by atoms with van der Waals surface area (Å²) in [5.74, 6) is 0. The molecule has 0 aromatic heterocycles. The van der Waals surface area contributed by atoms with Gasteiger partial charge in [-0.2, -0.15) is 48.4 Å². The first-order chi connectivity index (χ1) is 9.57. The Morgan fingerprint density at radius 3 is 0.810 bits per heavy atom. The molecule has 0 atom stereocenters. The fourth-order valence-corrected chi connectivity index (χ4v) is 0.333. The molecule has 0 saturated carbocycles. The second kappa shape index (κ2) is 73.7. The zero-order valence-corrected chi connectivity index (χ0v) is 17.0. The zero-order valence-electron chi connectivity index (χ0n) is 15.5. The third-order valence-corrected chi connectivity index (χ3v) is 0.800. The molecule has 122 valence electrons. The van der Waals surface area contributed by atoms with Crippen molar-refractivity contribution in [3.63, 3.8) is 0 Å². The molecule has 21 heavy (non-hydrogen) atoms. The Balaban J connectivity index is -0.0000000344. The van der Waals surface area contributed by atoms with Crippen molar-refractivity contribution in [3.05, 3.63) is 65.1 Å². The molecule has 0 fully saturated rings. The second-order valence-corrected chi connectivity index (χ2v) is 3.11. The molecule has 0 aliphatic carbocycles. The fraction of sp³-hybridized carbons (Fsp3) is 0.529. The smallest absolute Gasteiger partial charge is 0.668 e. The fourth-order valence-electron chi connectivity index (χ4n) is 0.333. The van der Waals surface area contributed by atoms with Crippen LogP contribution in [0, 0.1) is 6.58 Å². The quantitative estimate of drug-likeness (QED) is 0.362. The normalized spacial score (nSPS) is 8.05. The maximum atomic E-state index is 4.93. The molecular weight excluding hydrogens is 294 g/mol. The third-order valence-electron chi connectivity index (χ3n) is 0.800. The molecule has 0 unspecified atom stereocenters. The molecule has 0 saturated heterocycles. The van der Waals surface area contributed by atoms with Gasteiger partial charge in [0, 0.05) is 0 Å². The molecule has 0 radical (unpaired) electrons. The van der Waals surface area contributed by atoms with Crippen molar-refractivity contribution in [2.75, 3.05) is 42.3 Å². The maximum Gasteiger partial charge on any atom is 4.00 e. The topological polar surface area (TPSA) is 42.3 Å². The summed E-state index contributed by atoms with van der Waals surface area (Å²) in [6.45, 7) is 10.8. The predicted molar refractivity (Wildman–Crippen MR) is 98.9 cm³/mol. The number of nitrogens with zero attached hydrogens (tertiary/aromatic N) is 3. The van der Waals surface area contributed by atoms with Gasteiger partial charge >= 0.3 is 21.7 Å². The zero-order chi connectivity index (χ0) is 17.1. The van der Waals surface area contributed by atoms with E-state index in [1.165, 1.54) is 6.08 Å². The second-order valence-electron chi connectivity index (χ2n) is 3.11. The van der Waals surface area contributed by atoms with Crippen LogP contribution in [-0.2, 0) is 21.7 Å². The standard InChI is InChI=1S/C6H10.C5H7.3C2H6N.Ti/c1-3-5-6-4-2;1-3-5-4-2;3*1-3-2;/h3-6H,1-2H3;1,3-5H,2H3;3*1-2H3;/q;4*-1;+4. The Labute approximate surface area is 149 Å². The van der Waals surface area contributed by atoms with Crippen LogP contribution in [0.25, 0.3) is 16.0 Å². The minimum atomic E-state index is 0. The van der Waals surface area contributed by atoms with Crippen LogP contribution in [-0.4, -0.2) is 42.3 Å². The SMILES string of the molecule is CC=CC=CC.C[N-]C.C[N-]C.C[N-]C.[CH-]=CC=CC.[Ti+4]. The van der Waals surface area contributed by atoms with Crippen molar-refractivity contribution >= 4 is 0 Å². The van der Waals surface area contributed by atoms with Crippen LogP contribution < -0.4 is 0 Å². The van der Waals surface area contributed by atoms with Crippen molar-refractivity contribution in [2.45, 2.75) is 20.8 Å². The van der Waals surface area contributed by atoms with E-state index in [0.717, 1.165) is 0 Å². The molecule has 0 heterocycles. The van der Waals surface area contributed by atoms with Crippen LogP contribution >= 0.6 is 0 Å². The van der Waals surface area contributed by atoms with Crippen molar-refractivity contribution in [1.29, 1.82) is 0 Å². The summed E-state index contributed by atoms with van der Waals surface area (Å²) in [5.41, 5.74) is 0. The number of allylic oxidation sites excluding steroid dienone is 7. The van der Waals surface area contributed by atoms with Gasteiger partial charge in [0.25, 0.3) is 0 Å². The minimum Gasteiger partial charge on any atom is -0.668 e. The molecule has 0 aliphatic rings. The third kappa shape index (κ3) is 291. The molecule has 0 amide bonds. The predicted octanol–water partition coefficient (Wildman–Crippen LogP) is 5.55. The van der Waals surface area contributed by atoms with Crippen molar-refractivity contribution in [1.82, 2.24) is 0 Å². The van der Waals surface area contributed by atoms with Gasteiger partial charge in [0.15, 0.2) is 0 Å². The monoisotopic (exact) mass is 329 g/mol. The molecule has 0 bridgehead atoms. The summed E-state index contributed by atoms with van der Waals surface area (Å²) in [7, 11) is 10.5. The van der Waals surface area contributed by atoms with Crippen molar-refractivity contribution in [2.24, 2.45) is 0 Å². The summed E-state index contributed by atoms with van der Waals surface area (Å²) >= 11 is 0. The van der Waals surface area contributed by atoms with Crippen LogP contribution in [0.2, 0.25) is 0 Å². The molecule has 0 rings (SSSR count). The van der Waals surface area contributed by atoms with Gasteiger partial charge in [-0.25, -0.2) is 12.2 Å². The summed E-state index contributed by atoms with van der Waals surface area (Å²) in [4.78, 5) is 0. The summed E-state index contributed by atoms with van der Waals surface area (Å²) in [6.07, 6.45) is 13.2. The molecule has 0 aromatic rings. The molecule has 4 heteroatoms. The Hall–Kier alpha value is -0.446. The molecule has 3 nitrogen and oxygen atoms in total. The van der Waals surface area contributed by atoms with E-state index in [9.17, 15) is 0 Å². The summed E-state index contributed by atoms with van der Waals surface area (Å²) in [6, 6.07) is 0. The van der Waals surface area contributed by atoms with Crippen molar-refractivity contribution < 1.29 is 21.7 Å². The van der Waals surface area contributed by atoms with Gasteiger partial charge in [0.2, 0.25) is 0 Å². The van der Waals surface area contributed by atoms with Gasteiger partial charge in [0.05, 0.1) is 0 Å². The van der Waals surface area contributed by atoms with Crippen molar-refractivity contribution in [3.8, 4) is 0 Å². The average molecular weight is 329 g/mol. The van der Waals surface area contributed by atoms with Gasteiger partial charge < -0.3 is 16.0 Å². The first kappa shape index (κ1) is 37.1. The van der Waals surface area contributed by atoms with Crippen LogP contribution in [0.3, 0.4) is 0 Å². The van der Waals surface area contributed by atoms with E-state index in [0.29, 0.717) is 0 Å². The Morgan fingerprint density at radius 1 is 0.571 bits per heavy atom. The van der Waals surface area contributed by atoms with E-state index >= 15 is 0 Å². The minimum absolute atomic E-state index is 0. The molecule has 0 N–H and O–H groups in total. The van der Waals surface area contributed by atoms with Gasteiger partial charge in [-0.15, -0.1) is 0 Å². The average Bonchev–Trinajstić information content (AvgIpc) is 2.41. The first-order valence-electron chi connectivity index (χ1n) is 6.42. The summed E-state index contributed by atoms with van der Waals surface area (Å²) in [5, 5.41) is 10.5. The van der Waals surface area contributed by atoms with Gasteiger partial charge in [0.1, 0.15) is 0 Å². The molecule has 0 spiro atoms. The number of hydrogen-bond donors (Lipinski definition) is 0. The Kier molecular flexibility index (Phi) is 130. The van der Waals surface area contributed by atoms with Crippen LogP contribution in [0.4, 0.5) is 0 Å². The van der Waals surface area contributed by atoms with Gasteiger partial charge in [-0.3, -0.25) is 6.58 Å². The maximum absolute atomic E-state index is 4.93. The van der Waals surface area contributed by atoms with Crippen LogP contribution in [0.15, 0.2) is 42.5 Å². The molecule has 0 aromatic carbocycles. The summed E-state index contributed by atoms with van der Waals surface area (Å²) < 4.78 is 0. The van der Waals surface area contributed by atoms with E-state index in [1.807, 2.05) is 51.2 Å². The van der Waals surface area contributed by atoms with Crippen LogP contribution in [0.1, 0.15) is 20.8 Å². The van der Waals surface area contributed by atoms with E-state index in [1.54, 1.807) is 48.4 Å². The first-order valence-corrected chi connectivity index (χ1v) is 6.42. The van der Waals surface area contributed by atoms with E-state index in [-0.39, 0.29) is 21.7 Å². The number of hydrogen-bond acceptors (Lipinski definition) is 0. The van der Waals surface area contributed by atoms with E-state index < -0.39 is 0 Å². The largest absolute Gasteiger partial charge is 4.00 e. The molecular formula is C17H35N3Ti. The van der Waals surface area contributed by atoms with Gasteiger partial charge in [-0.05, 0) is 13.8 Å². The Morgan fingerprint density at radius 2 is 0.762 bits per heavy atom. The number of rotatable bonds is 2.